The number of ether oxygens (including phenoxy) is 2. The molecule has 0 radical (unpaired) electrons. The highest BCUT2D eigenvalue weighted by molar-refractivity contribution is 5.79. The lowest BCUT2D eigenvalue weighted by atomic mass is 9.92. The lowest BCUT2D eigenvalue weighted by molar-refractivity contribution is -0.134. The fourth-order valence-electron chi connectivity index (χ4n) is 2.68. The van der Waals surface area contributed by atoms with Crippen LogP contribution in [0.15, 0.2) is 18.2 Å². The fraction of sp³-hybridized carbons (Fsp3) is 0.562. The van der Waals surface area contributed by atoms with E-state index in [2.05, 4.69) is 5.32 Å². The third-order valence-electron chi connectivity index (χ3n) is 3.86. The highest BCUT2D eigenvalue weighted by Gasteiger charge is 2.30. The third kappa shape index (κ3) is 3.94. The smallest absolute Gasteiger partial charge is 0.225 e. The zero-order valence-corrected chi connectivity index (χ0v) is 12.5. The maximum Gasteiger partial charge on any atom is 0.225 e. The van der Waals surface area contributed by atoms with Crippen LogP contribution in [0.3, 0.4) is 0 Å². The van der Waals surface area contributed by atoms with Crippen molar-refractivity contribution < 1.29 is 18.7 Å². The Morgan fingerprint density at radius 3 is 3.00 bits per heavy atom. The molecule has 2 unspecified atom stereocenters. The van der Waals surface area contributed by atoms with Gasteiger partial charge in [0.05, 0.1) is 19.1 Å². The molecule has 0 aliphatic carbocycles. The molecule has 4 nitrogen and oxygen atoms in total. The second kappa shape index (κ2) is 7.41. The van der Waals surface area contributed by atoms with Gasteiger partial charge in [-0.05, 0) is 37.0 Å². The van der Waals surface area contributed by atoms with Gasteiger partial charge < -0.3 is 14.8 Å². The molecule has 0 bridgehead atoms. The molecule has 0 saturated carbocycles. The van der Waals surface area contributed by atoms with Crippen LogP contribution in [-0.2, 0) is 16.1 Å². The summed E-state index contributed by atoms with van der Waals surface area (Å²) in [6.45, 7) is 3.06. The van der Waals surface area contributed by atoms with Crippen molar-refractivity contribution in [3.05, 3.63) is 29.6 Å². The molecule has 1 fully saturated rings. The number of halogens is 1. The van der Waals surface area contributed by atoms with Crippen molar-refractivity contribution in [3.63, 3.8) is 0 Å². The van der Waals surface area contributed by atoms with Crippen LogP contribution in [0.2, 0.25) is 0 Å². The van der Waals surface area contributed by atoms with E-state index in [0.717, 1.165) is 25.9 Å². The SMILES string of the molecule is CCC1OCCCC1C(=O)NCc1ccc(OC)c(F)c1. The van der Waals surface area contributed by atoms with Crippen LogP contribution in [0.5, 0.6) is 5.75 Å². The van der Waals surface area contributed by atoms with Gasteiger partial charge in [0.15, 0.2) is 11.6 Å². The Morgan fingerprint density at radius 2 is 2.33 bits per heavy atom. The van der Waals surface area contributed by atoms with Gasteiger partial charge in [-0.3, -0.25) is 4.79 Å². The van der Waals surface area contributed by atoms with Gasteiger partial charge >= 0.3 is 0 Å². The number of nitrogens with one attached hydrogen (secondary N) is 1. The van der Waals surface area contributed by atoms with E-state index in [1.165, 1.54) is 13.2 Å². The molecule has 1 saturated heterocycles. The Balaban J connectivity index is 1.92. The van der Waals surface area contributed by atoms with E-state index in [4.69, 9.17) is 9.47 Å². The quantitative estimate of drug-likeness (QED) is 0.908. The Kier molecular flexibility index (Phi) is 5.56. The first kappa shape index (κ1) is 15.8. The maximum absolute atomic E-state index is 13.6. The van der Waals surface area contributed by atoms with Crippen LogP contribution in [0.25, 0.3) is 0 Å². The normalized spacial score (nSPS) is 21.9. The summed E-state index contributed by atoms with van der Waals surface area (Å²) in [5.74, 6) is -0.335. The lowest BCUT2D eigenvalue weighted by Crippen LogP contribution is -2.41. The summed E-state index contributed by atoms with van der Waals surface area (Å²) in [6, 6.07) is 4.69. The summed E-state index contributed by atoms with van der Waals surface area (Å²) in [5.41, 5.74) is 0.714. The Labute approximate surface area is 124 Å². The fourth-order valence-corrected chi connectivity index (χ4v) is 2.68. The second-order valence-electron chi connectivity index (χ2n) is 5.25. The van der Waals surface area contributed by atoms with Gasteiger partial charge in [0.25, 0.3) is 0 Å². The number of hydrogen-bond acceptors (Lipinski definition) is 3. The molecule has 1 aliphatic rings. The van der Waals surface area contributed by atoms with Gasteiger partial charge in [-0.25, -0.2) is 4.39 Å². The topological polar surface area (TPSA) is 47.6 Å². The number of benzene rings is 1. The minimum atomic E-state index is -0.420. The highest BCUT2D eigenvalue weighted by atomic mass is 19.1. The van der Waals surface area contributed by atoms with Crippen molar-refractivity contribution in [2.24, 2.45) is 5.92 Å². The van der Waals surface area contributed by atoms with Crippen molar-refractivity contribution in [2.45, 2.75) is 38.8 Å². The minimum Gasteiger partial charge on any atom is -0.494 e. The molecule has 2 atom stereocenters. The first-order valence-electron chi connectivity index (χ1n) is 7.37. The van der Waals surface area contributed by atoms with Crippen molar-refractivity contribution >= 4 is 5.91 Å². The number of amides is 1. The van der Waals surface area contributed by atoms with Crippen molar-refractivity contribution in [1.29, 1.82) is 0 Å². The van der Waals surface area contributed by atoms with E-state index in [0.29, 0.717) is 12.1 Å². The predicted octanol–water partition coefficient (Wildman–Crippen LogP) is 2.66. The Morgan fingerprint density at radius 1 is 1.52 bits per heavy atom. The molecule has 0 aromatic heterocycles. The molecule has 5 heteroatoms. The zero-order chi connectivity index (χ0) is 15.2. The first-order valence-corrected chi connectivity index (χ1v) is 7.37. The lowest BCUT2D eigenvalue weighted by Gasteiger charge is -2.30. The average molecular weight is 295 g/mol. The van der Waals surface area contributed by atoms with E-state index >= 15 is 0 Å². The molecule has 21 heavy (non-hydrogen) atoms. The summed E-state index contributed by atoms with van der Waals surface area (Å²) >= 11 is 0. The number of carbonyl (C=O) groups excluding carboxylic acids is 1. The van der Waals surface area contributed by atoms with Gasteiger partial charge in [-0.2, -0.15) is 0 Å². The maximum atomic E-state index is 13.6. The average Bonchev–Trinajstić information content (AvgIpc) is 2.52. The zero-order valence-electron chi connectivity index (χ0n) is 12.5. The standard InChI is InChI=1S/C16H22FNO3/c1-3-14-12(5-4-8-21-14)16(19)18-10-11-6-7-15(20-2)13(17)9-11/h6-7,9,12,14H,3-5,8,10H2,1-2H3,(H,18,19). The monoisotopic (exact) mass is 295 g/mol. The van der Waals surface area contributed by atoms with E-state index in [-0.39, 0.29) is 23.7 Å². The van der Waals surface area contributed by atoms with Crippen LogP contribution in [0, 0.1) is 11.7 Å². The number of rotatable bonds is 5. The number of hydrogen-bond donors (Lipinski definition) is 1. The van der Waals surface area contributed by atoms with Crippen LogP contribution in [0.4, 0.5) is 4.39 Å². The molecule has 1 aliphatic heterocycles. The summed E-state index contributed by atoms with van der Waals surface area (Å²) in [4.78, 5) is 12.2. The van der Waals surface area contributed by atoms with Crippen molar-refractivity contribution in [2.75, 3.05) is 13.7 Å². The Hall–Kier alpha value is -1.62. The molecular weight excluding hydrogens is 273 g/mol. The summed E-state index contributed by atoms with van der Waals surface area (Å²) in [5, 5.41) is 2.87. The molecule has 1 aromatic rings. The highest BCUT2D eigenvalue weighted by Crippen LogP contribution is 2.23. The minimum absolute atomic E-state index is 0.00801. The summed E-state index contributed by atoms with van der Waals surface area (Å²) in [7, 11) is 1.42. The van der Waals surface area contributed by atoms with E-state index < -0.39 is 5.82 Å². The van der Waals surface area contributed by atoms with E-state index in [1.54, 1.807) is 12.1 Å². The van der Waals surface area contributed by atoms with Crippen LogP contribution in [-0.4, -0.2) is 25.7 Å². The number of carbonyl (C=O) groups is 1. The summed E-state index contributed by atoms with van der Waals surface area (Å²) < 4.78 is 24.1. The molecule has 1 heterocycles. The van der Waals surface area contributed by atoms with Gasteiger partial charge in [0.2, 0.25) is 5.91 Å². The van der Waals surface area contributed by atoms with Gasteiger partial charge in [-0.1, -0.05) is 13.0 Å². The molecule has 1 amide bonds. The summed E-state index contributed by atoms with van der Waals surface area (Å²) in [6.07, 6.45) is 2.58. The second-order valence-corrected chi connectivity index (χ2v) is 5.25. The van der Waals surface area contributed by atoms with Gasteiger partial charge in [0.1, 0.15) is 0 Å². The van der Waals surface area contributed by atoms with Crippen LogP contribution in [0.1, 0.15) is 31.7 Å². The van der Waals surface area contributed by atoms with Gasteiger partial charge in [0, 0.05) is 13.2 Å². The van der Waals surface area contributed by atoms with Crippen molar-refractivity contribution in [3.8, 4) is 5.75 Å². The van der Waals surface area contributed by atoms with Crippen molar-refractivity contribution in [1.82, 2.24) is 5.32 Å². The predicted molar refractivity (Wildman–Crippen MR) is 77.6 cm³/mol. The molecular formula is C16H22FNO3. The molecule has 0 spiro atoms. The molecule has 116 valence electrons. The van der Waals surface area contributed by atoms with E-state index in [9.17, 15) is 9.18 Å². The van der Waals surface area contributed by atoms with Crippen LogP contribution < -0.4 is 10.1 Å². The molecule has 2 rings (SSSR count). The van der Waals surface area contributed by atoms with E-state index in [1.807, 2.05) is 6.92 Å². The largest absolute Gasteiger partial charge is 0.494 e. The Bertz CT molecular complexity index is 492. The van der Waals surface area contributed by atoms with Gasteiger partial charge in [-0.15, -0.1) is 0 Å². The third-order valence-corrected chi connectivity index (χ3v) is 3.86. The number of methoxy groups -OCH3 is 1. The molecule has 1 aromatic carbocycles. The van der Waals surface area contributed by atoms with Crippen LogP contribution >= 0.6 is 0 Å². The first-order chi connectivity index (χ1) is 10.2. The molecule has 1 N–H and O–H groups in total.